The highest BCUT2D eigenvalue weighted by atomic mass is 127. The van der Waals surface area contributed by atoms with Crippen LogP contribution in [0, 0.1) is 3.57 Å². The fourth-order valence-corrected chi connectivity index (χ4v) is 1.83. The third-order valence-electron chi connectivity index (χ3n) is 1.34. The Labute approximate surface area is 98.1 Å². The lowest BCUT2D eigenvalue weighted by Crippen LogP contribution is -2.19. The molecule has 1 amide bonds. The molecule has 70 valence electrons. The molecule has 2 N–H and O–H groups in total. The molecule has 0 radical (unpaired) electrons. The molecule has 0 heterocycles. The van der Waals surface area contributed by atoms with Gasteiger partial charge in [-0.2, -0.15) is 0 Å². The molecule has 0 aliphatic heterocycles. The second-order valence-electron chi connectivity index (χ2n) is 2.19. The second kappa shape index (κ2) is 4.45. The van der Waals surface area contributed by atoms with Gasteiger partial charge in [0, 0.05) is 8.59 Å². The summed E-state index contributed by atoms with van der Waals surface area (Å²) in [4.78, 5) is 11.1. The molecule has 0 atom stereocenters. The fraction of sp³-hybridized carbons (Fsp3) is 0. The van der Waals surface area contributed by atoms with Crippen LogP contribution in [-0.4, -0.2) is 11.1 Å². The van der Waals surface area contributed by atoms with Crippen LogP contribution >= 0.6 is 45.8 Å². The third kappa shape index (κ3) is 2.46. The van der Waals surface area contributed by atoms with Gasteiger partial charge in [-0.1, -0.05) is 23.2 Å². The van der Waals surface area contributed by atoms with E-state index in [1.165, 1.54) is 17.6 Å². The highest BCUT2D eigenvalue weighted by molar-refractivity contribution is 14.1. The van der Waals surface area contributed by atoms with Crippen LogP contribution in [0.1, 0.15) is 10.4 Å². The molecular weight excluding hydrogens is 328 g/mol. The van der Waals surface area contributed by atoms with Crippen molar-refractivity contribution in [2.45, 2.75) is 0 Å². The molecule has 6 heteroatoms. The number of carbonyl (C=O) groups excluding carboxylic acids is 1. The van der Waals surface area contributed by atoms with Gasteiger partial charge >= 0.3 is 0 Å². The molecule has 0 spiro atoms. The van der Waals surface area contributed by atoms with Crippen molar-refractivity contribution in [3.8, 4) is 0 Å². The van der Waals surface area contributed by atoms with E-state index in [9.17, 15) is 4.79 Å². The summed E-state index contributed by atoms with van der Waals surface area (Å²) < 4.78 is 0.551. The summed E-state index contributed by atoms with van der Waals surface area (Å²) in [5, 5.41) is 9.14. The van der Waals surface area contributed by atoms with Gasteiger partial charge in [0.1, 0.15) is 0 Å². The largest absolute Gasteiger partial charge is 0.288 e. The number of amides is 1. The van der Waals surface area contributed by atoms with Crippen molar-refractivity contribution < 1.29 is 10.0 Å². The zero-order valence-corrected chi connectivity index (χ0v) is 9.81. The Kier molecular flexibility index (Phi) is 3.78. The highest BCUT2D eigenvalue weighted by Gasteiger charge is 2.12. The number of carbonyl (C=O) groups is 1. The lowest BCUT2D eigenvalue weighted by molar-refractivity contribution is 0.0705. The Morgan fingerprint density at radius 2 is 2.08 bits per heavy atom. The quantitative estimate of drug-likeness (QED) is 0.360. The van der Waals surface area contributed by atoms with Crippen molar-refractivity contribution in [3.63, 3.8) is 0 Å². The van der Waals surface area contributed by atoms with Gasteiger partial charge in [-0.15, -0.1) is 0 Å². The number of benzene rings is 1. The lowest BCUT2D eigenvalue weighted by atomic mass is 10.2. The monoisotopic (exact) mass is 331 g/mol. The molecule has 13 heavy (non-hydrogen) atoms. The standard InChI is InChI=1S/C7H4Cl2INO2/c8-3-1-4(7(12)11-13)6(10)5(9)2-3/h1-2,13H,(H,11,12). The van der Waals surface area contributed by atoms with Crippen LogP contribution < -0.4 is 5.48 Å². The minimum absolute atomic E-state index is 0.251. The maximum atomic E-state index is 11.1. The highest BCUT2D eigenvalue weighted by Crippen LogP contribution is 2.26. The number of rotatable bonds is 1. The van der Waals surface area contributed by atoms with Gasteiger partial charge in [0.15, 0.2) is 0 Å². The molecule has 3 nitrogen and oxygen atoms in total. The first-order chi connectivity index (χ1) is 6.06. The van der Waals surface area contributed by atoms with Crippen LogP contribution in [0.15, 0.2) is 12.1 Å². The number of hydrogen-bond acceptors (Lipinski definition) is 2. The van der Waals surface area contributed by atoms with Crippen LogP contribution in [0.2, 0.25) is 10.0 Å². The van der Waals surface area contributed by atoms with Crippen molar-refractivity contribution >= 4 is 51.7 Å². The third-order valence-corrected chi connectivity index (χ3v) is 3.34. The summed E-state index contributed by atoms with van der Waals surface area (Å²) >= 11 is 13.3. The van der Waals surface area contributed by atoms with Crippen LogP contribution in [0.3, 0.4) is 0 Å². The first-order valence-corrected chi connectivity index (χ1v) is 4.98. The van der Waals surface area contributed by atoms with Crippen LogP contribution in [0.25, 0.3) is 0 Å². The molecular formula is C7H4Cl2INO2. The van der Waals surface area contributed by atoms with Gasteiger partial charge in [0.2, 0.25) is 0 Å². The Morgan fingerprint density at radius 1 is 1.46 bits per heavy atom. The average Bonchev–Trinajstić information content (AvgIpc) is 2.10. The Balaban J connectivity index is 3.28. The van der Waals surface area contributed by atoms with E-state index in [4.69, 9.17) is 28.4 Å². The van der Waals surface area contributed by atoms with E-state index in [0.29, 0.717) is 13.6 Å². The van der Waals surface area contributed by atoms with Gasteiger partial charge in [0.05, 0.1) is 10.6 Å². The van der Waals surface area contributed by atoms with E-state index in [1.54, 1.807) is 0 Å². The molecule has 0 fully saturated rings. The molecule has 0 bridgehead atoms. The van der Waals surface area contributed by atoms with Crippen molar-refractivity contribution in [1.29, 1.82) is 0 Å². The van der Waals surface area contributed by atoms with E-state index < -0.39 is 5.91 Å². The van der Waals surface area contributed by atoms with Gasteiger partial charge in [-0.3, -0.25) is 10.0 Å². The van der Waals surface area contributed by atoms with Crippen molar-refractivity contribution in [2.75, 3.05) is 0 Å². The summed E-state index contributed by atoms with van der Waals surface area (Å²) in [5.41, 5.74) is 1.77. The zero-order valence-electron chi connectivity index (χ0n) is 6.14. The minimum Gasteiger partial charge on any atom is -0.288 e. The lowest BCUT2D eigenvalue weighted by Gasteiger charge is -2.04. The SMILES string of the molecule is O=C(NO)c1cc(Cl)cc(Cl)c1I. The normalized spacial score (nSPS) is 9.85. The number of hydrogen-bond donors (Lipinski definition) is 2. The summed E-state index contributed by atoms with van der Waals surface area (Å²) in [5.74, 6) is -0.631. The summed E-state index contributed by atoms with van der Waals surface area (Å²) in [6.07, 6.45) is 0. The predicted octanol–water partition coefficient (Wildman–Crippen LogP) is 2.72. The molecule has 0 saturated carbocycles. The van der Waals surface area contributed by atoms with E-state index in [1.807, 2.05) is 22.6 Å². The molecule has 1 rings (SSSR count). The van der Waals surface area contributed by atoms with E-state index in [2.05, 4.69) is 0 Å². The average molecular weight is 332 g/mol. The summed E-state index contributed by atoms with van der Waals surface area (Å²) in [6.45, 7) is 0. The van der Waals surface area contributed by atoms with Gasteiger partial charge in [0.25, 0.3) is 5.91 Å². The van der Waals surface area contributed by atoms with Crippen LogP contribution in [0.5, 0.6) is 0 Å². The summed E-state index contributed by atoms with van der Waals surface area (Å²) in [6, 6.07) is 2.96. The number of hydroxylamine groups is 1. The molecule has 0 aromatic heterocycles. The van der Waals surface area contributed by atoms with E-state index >= 15 is 0 Å². The number of halogens is 3. The molecule has 0 saturated heterocycles. The predicted molar refractivity (Wildman–Crippen MR) is 58.4 cm³/mol. The molecule has 0 aliphatic rings. The smallest absolute Gasteiger partial charge is 0.275 e. The first kappa shape index (κ1) is 11.0. The molecule has 1 aromatic rings. The molecule has 0 aliphatic carbocycles. The second-order valence-corrected chi connectivity index (χ2v) is 4.11. The Morgan fingerprint density at radius 3 is 2.62 bits per heavy atom. The topological polar surface area (TPSA) is 49.3 Å². The minimum atomic E-state index is -0.631. The fourth-order valence-electron chi connectivity index (χ4n) is 0.781. The van der Waals surface area contributed by atoms with Crippen LogP contribution in [0.4, 0.5) is 0 Å². The van der Waals surface area contributed by atoms with Gasteiger partial charge in [-0.25, -0.2) is 5.48 Å². The molecule has 1 aromatic carbocycles. The van der Waals surface area contributed by atoms with Gasteiger partial charge < -0.3 is 0 Å². The Hall–Kier alpha value is -0.0400. The first-order valence-electron chi connectivity index (χ1n) is 3.15. The van der Waals surface area contributed by atoms with Gasteiger partial charge in [-0.05, 0) is 34.7 Å². The van der Waals surface area contributed by atoms with Crippen molar-refractivity contribution in [2.24, 2.45) is 0 Å². The summed E-state index contributed by atoms with van der Waals surface area (Å²) in [7, 11) is 0. The maximum absolute atomic E-state index is 11.1. The van der Waals surface area contributed by atoms with E-state index in [0.717, 1.165) is 0 Å². The number of nitrogens with one attached hydrogen (secondary N) is 1. The van der Waals surface area contributed by atoms with Crippen molar-refractivity contribution in [1.82, 2.24) is 5.48 Å². The molecule has 0 unspecified atom stereocenters. The maximum Gasteiger partial charge on any atom is 0.275 e. The van der Waals surface area contributed by atoms with Crippen molar-refractivity contribution in [3.05, 3.63) is 31.3 Å². The van der Waals surface area contributed by atoms with Crippen LogP contribution in [-0.2, 0) is 0 Å². The Bertz CT molecular complexity index is 357. The zero-order chi connectivity index (χ0) is 10.0. The van der Waals surface area contributed by atoms with E-state index in [-0.39, 0.29) is 5.56 Å².